The van der Waals surface area contributed by atoms with E-state index in [-0.39, 0.29) is 17.9 Å². The second-order valence-electron chi connectivity index (χ2n) is 6.11. The molecule has 2 aliphatic carbocycles. The van der Waals surface area contributed by atoms with E-state index in [4.69, 9.17) is 4.42 Å². The van der Waals surface area contributed by atoms with E-state index in [2.05, 4.69) is 0 Å². The van der Waals surface area contributed by atoms with E-state index in [1.807, 2.05) is 17.0 Å². The van der Waals surface area contributed by atoms with Gasteiger partial charge in [-0.15, -0.1) is 0 Å². The Bertz CT molecular complexity index is 506. The van der Waals surface area contributed by atoms with Crippen molar-refractivity contribution < 1.29 is 19.1 Å². The van der Waals surface area contributed by atoms with Crippen LogP contribution in [0.15, 0.2) is 22.8 Å². The van der Waals surface area contributed by atoms with Crippen molar-refractivity contribution in [1.29, 1.82) is 0 Å². The SMILES string of the molecule is O=C(O)[C@H]1CCCC[C@H]1C(=O)N(Cc1ccco1)C1CC1. The number of aliphatic carboxylic acids is 1. The van der Waals surface area contributed by atoms with Gasteiger partial charge < -0.3 is 14.4 Å². The smallest absolute Gasteiger partial charge is 0.307 e. The summed E-state index contributed by atoms with van der Waals surface area (Å²) in [5.74, 6) is -0.961. The number of carboxylic acid groups (broad SMARTS) is 1. The third-order valence-corrected chi connectivity index (χ3v) is 4.58. The van der Waals surface area contributed by atoms with Gasteiger partial charge in [-0.1, -0.05) is 12.8 Å². The monoisotopic (exact) mass is 291 g/mol. The Morgan fingerprint density at radius 3 is 2.48 bits per heavy atom. The molecule has 1 heterocycles. The highest BCUT2D eigenvalue weighted by molar-refractivity contribution is 5.85. The predicted molar refractivity (Wildman–Crippen MR) is 75.4 cm³/mol. The van der Waals surface area contributed by atoms with Crippen LogP contribution in [0, 0.1) is 11.8 Å². The number of hydrogen-bond donors (Lipinski definition) is 1. The zero-order valence-electron chi connectivity index (χ0n) is 12.0. The van der Waals surface area contributed by atoms with Crippen molar-refractivity contribution in [3.05, 3.63) is 24.2 Å². The summed E-state index contributed by atoms with van der Waals surface area (Å²) in [7, 11) is 0. The van der Waals surface area contributed by atoms with Crippen molar-refractivity contribution in [2.75, 3.05) is 0 Å². The molecule has 0 unspecified atom stereocenters. The highest BCUT2D eigenvalue weighted by Gasteiger charge is 2.42. The van der Waals surface area contributed by atoms with Gasteiger partial charge in [0.05, 0.1) is 24.6 Å². The number of carbonyl (C=O) groups excluding carboxylic acids is 1. The van der Waals surface area contributed by atoms with Crippen LogP contribution in [0.4, 0.5) is 0 Å². The Labute approximate surface area is 123 Å². The summed E-state index contributed by atoms with van der Waals surface area (Å²) >= 11 is 0. The molecule has 1 amide bonds. The first kappa shape index (κ1) is 14.2. The molecular weight excluding hydrogens is 270 g/mol. The maximum atomic E-state index is 12.8. The number of hydrogen-bond acceptors (Lipinski definition) is 3. The van der Waals surface area contributed by atoms with Crippen molar-refractivity contribution in [2.45, 2.75) is 51.1 Å². The first-order chi connectivity index (χ1) is 10.2. The Morgan fingerprint density at radius 2 is 1.90 bits per heavy atom. The largest absolute Gasteiger partial charge is 0.481 e. The predicted octanol–water partition coefficient (Wildman–Crippen LogP) is 2.66. The maximum Gasteiger partial charge on any atom is 0.307 e. The molecule has 114 valence electrons. The molecule has 1 N–H and O–H groups in total. The van der Waals surface area contributed by atoms with E-state index >= 15 is 0 Å². The molecule has 5 nitrogen and oxygen atoms in total. The van der Waals surface area contributed by atoms with Gasteiger partial charge in [0.1, 0.15) is 5.76 Å². The summed E-state index contributed by atoms with van der Waals surface area (Å²) in [6.07, 6.45) is 6.78. The van der Waals surface area contributed by atoms with Gasteiger partial charge in [0.25, 0.3) is 0 Å². The van der Waals surface area contributed by atoms with Crippen molar-refractivity contribution in [2.24, 2.45) is 11.8 Å². The Hall–Kier alpha value is -1.78. The van der Waals surface area contributed by atoms with Crippen molar-refractivity contribution in [1.82, 2.24) is 4.90 Å². The lowest BCUT2D eigenvalue weighted by Crippen LogP contribution is -2.43. The summed E-state index contributed by atoms with van der Waals surface area (Å²) in [5, 5.41) is 9.36. The molecule has 21 heavy (non-hydrogen) atoms. The highest BCUT2D eigenvalue weighted by Crippen LogP contribution is 2.36. The Balaban J connectivity index is 1.75. The lowest BCUT2D eigenvalue weighted by Gasteiger charge is -2.32. The molecule has 0 radical (unpaired) electrons. The van der Waals surface area contributed by atoms with E-state index in [1.165, 1.54) is 0 Å². The minimum atomic E-state index is -0.832. The van der Waals surface area contributed by atoms with Crippen LogP contribution in [0.5, 0.6) is 0 Å². The summed E-state index contributed by atoms with van der Waals surface area (Å²) in [4.78, 5) is 26.1. The number of nitrogens with zero attached hydrogens (tertiary/aromatic N) is 1. The molecule has 5 heteroatoms. The van der Waals surface area contributed by atoms with Gasteiger partial charge in [0.15, 0.2) is 0 Å². The quantitative estimate of drug-likeness (QED) is 0.905. The van der Waals surface area contributed by atoms with E-state index < -0.39 is 11.9 Å². The van der Waals surface area contributed by atoms with Gasteiger partial charge in [0.2, 0.25) is 5.91 Å². The average Bonchev–Trinajstić information content (AvgIpc) is 3.20. The van der Waals surface area contributed by atoms with Gasteiger partial charge in [-0.2, -0.15) is 0 Å². The molecular formula is C16H21NO4. The van der Waals surface area contributed by atoms with Crippen LogP contribution in [-0.2, 0) is 16.1 Å². The van der Waals surface area contributed by atoms with Crippen LogP contribution >= 0.6 is 0 Å². The molecule has 2 saturated carbocycles. The van der Waals surface area contributed by atoms with Crippen LogP contribution in [0.3, 0.4) is 0 Å². The molecule has 2 atom stereocenters. The third kappa shape index (κ3) is 3.12. The molecule has 1 aromatic heterocycles. The number of amides is 1. The van der Waals surface area contributed by atoms with E-state index in [9.17, 15) is 14.7 Å². The van der Waals surface area contributed by atoms with Gasteiger partial charge in [0, 0.05) is 6.04 Å². The second kappa shape index (κ2) is 5.92. The number of carboxylic acids is 1. The van der Waals surface area contributed by atoms with Crippen LogP contribution < -0.4 is 0 Å². The van der Waals surface area contributed by atoms with Crippen LogP contribution in [-0.4, -0.2) is 27.9 Å². The van der Waals surface area contributed by atoms with Crippen molar-refractivity contribution in [3.63, 3.8) is 0 Å². The molecule has 0 aliphatic heterocycles. The topological polar surface area (TPSA) is 70.8 Å². The van der Waals surface area contributed by atoms with Gasteiger partial charge in [-0.05, 0) is 37.8 Å². The zero-order valence-corrected chi connectivity index (χ0v) is 12.0. The molecule has 0 aromatic carbocycles. The summed E-state index contributed by atoms with van der Waals surface area (Å²) in [6.45, 7) is 0.458. The van der Waals surface area contributed by atoms with Crippen molar-refractivity contribution in [3.8, 4) is 0 Å². The molecule has 1 aromatic rings. The maximum absolute atomic E-state index is 12.8. The van der Waals surface area contributed by atoms with E-state index in [0.717, 1.165) is 31.4 Å². The van der Waals surface area contributed by atoms with Gasteiger partial charge >= 0.3 is 5.97 Å². The fourth-order valence-electron chi connectivity index (χ4n) is 3.28. The second-order valence-corrected chi connectivity index (χ2v) is 6.11. The standard InChI is InChI=1S/C16H21NO4/c18-15(13-5-1-2-6-14(13)16(19)20)17(11-7-8-11)10-12-4-3-9-21-12/h3-4,9,11,13-14H,1-2,5-8,10H2,(H,19,20)/t13-,14+/m1/s1. The first-order valence-corrected chi connectivity index (χ1v) is 7.72. The molecule has 0 bridgehead atoms. The minimum Gasteiger partial charge on any atom is -0.481 e. The number of furan rings is 1. The fourth-order valence-corrected chi connectivity index (χ4v) is 3.28. The number of rotatable bonds is 5. The highest BCUT2D eigenvalue weighted by atomic mass is 16.4. The molecule has 0 spiro atoms. The van der Waals surface area contributed by atoms with E-state index in [0.29, 0.717) is 19.4 Å². The Kier molecular flexibility index (Phi) is 3.99. The van der Waals surface area contributed by atoms with Gasteiger partial charge in [-0.25, -0.2) is 0 Å². The van der Waals surface area contributed by atoms with Crippen LogP contribution in [0.1, 0.15) is 44.3 Å². The third-order valence-electron chi connectivity index (χ3n) is 4.58. The first-order valence-electron chi connectivity index (χ1n) is 7.72. The Morgan fingerprint density at radius 1 is 1.19 bits per heavy atom. The van der Waals surface area contributed by atoms with Crippen LogP contribution in [0.2, 0.25) is 0 Å². The summed E-state index contributed by atoms with van der Waals surface area (Å²) < 4.78 is 5.34. The van der Waals surface area contributed by atoms with Gasteiger partial charge in [-0.3, -0.25) is 9.59 Å². The lowest BCUT2D eigenvalue weighted by molar-refractivity contribution is -0.153. The minimum absolute atomic E-state index is 0.000926. The molecule has 0 saturated heterocycles. The zero-order chi connectivity index (χ0) is 14.8. The number of carbonyl (C=O) groups is 2. The normalized spacial score (nSPS) is 25.5. The molecule has 2 aliphatic rings. The fraction of sp³-hybridized carbons (Fsp3) is 0.625. The molecule has 2 fully saturated rings. The average molecular weight is 291 g/mol. The summed E-state index contributed by atoms with van der Waals surface area (Å²) in [5.41, 5.74) is 0. The molecule has 3 rings (SSSR count). The summed E-state index contributed by atoms with van der Waals surface area (Å²) in [6, 6.07) is 3.93. The van der Waals surface area contributed by atoms with E-state index in [1.54, 1.807) is 6.26 Å². The lowest BCUT2D eigenvalue weighted by atomic mass is 9.78. The van der Waals surface area contributed by atoms with Crippen LogP contribution in [0.25, 0.3) is 0 Å². The van der Waals surface area contributed by atoms with Crippen molar-refractivity contribution >= 4 is 11.9 Å².